The Kier molecular flexibility index (Phi) is 6.59. The standard InChI is InChI=1S/C25H29N7O3S/c1-16-12-27-25-29-21-9-17(13-26-14-21)3-4-19-11-20(28-24(16)31-25)5-6-22(19)30-23(33)10-18-7-8-32(15-18)36(2,34)35/h5-6,9,11-14,18H,3-4,7-8,10,15H2,1-2H3,(H,30,33)(H2,27,28,29,31)/t18-/m1/s1. The second kappa shape index (κ2) is 9.82. The van der Waals surface area contributed by atoms with Crippen LogP contribution in [0.15, 0.2) is 42.9 Å². The monoisotopic (exact) mass is 507 g/mol. The van der Waals surface area contributed by atoms with Crippen LogP contribution in [0.25, 0.3) is 0 Å². The highest BCUT2D eigenvalue weighted by Crippen LogP contribution is 2.28. The number of anilines is 5. The molecule has 0 unspecified atom stereocenters. The molecule has 10 nitrogen and oxygen atoms in total. The maximum Gasteiger partial charge on any atom is 0.229 e. The zero-order valence-corrected chi connectivity index (χ0v) is 21.1. The zero-order valence-electron chi connectivity index (χ0n) is 20.3. The Balaban J connectivity index is 1.38. The molecule has 5 rings (SSSR count). The third-order valence-corrected chi connectivity index (χ3v) is 7.81. The van der Waals surface area contributed by atoms with Gasteiger partial charge in [-0.2, -0.15) is 4.98 Å². The number of carbonyl (C=O) groups excluding carboxylic acids is 1. The van der Waals surface area contributed by atoms with E-state index in [1.54, 1.807) is 12.4 Å². The molecule has 1 amide bonds. The van der Waals surface area contributed by atoms with Crippen molar-refractivity contribution >= 4 is 44.8 Å². The lowest BCUT2D eigenvalue weighted by Crippen LogP contribution is -2.28. The number of aryl methyl sites for hydroxylation is 3. The van der Waals surface area contributed by atoms with Gasteiger partial charge in [0.25, 0.3) is 0 Å². The molecule has 3 aromatic rings. The van der Waals surface area contributed by atoms with E-state index in [4.69, 9.17) is 0 Å². The molecule has 11 heteroatoms. The van der Waals surface area contributed by atoms with Crippen LogP contribution >= 0.6 is 0 Å². The largest absolute Gasteiger partial charge is 0.340 e. The summed E-state index contributed by atoms with van der Waals surface area (Å²) in [6.07, 6.45) is 8.95. The zero-order chi connectivity index (χ0) is 25.3. The predicted molar refractivity (Wildman–Crippen MR) is 139 cm³/mol. The van der Waals surface area contributed by atoms with Gasteiger partial charge in [0.1, 0.15) is 5.82 Å². The SMILES string of the molecule is Cc1cnc2nc1Nc1ccc(NC(=O)C[C@H]3CCN(S(C)(=O)=O)C3)c(c1)CCc1cncc(c1)N2. The van der Waals surface area contributed by atoms with Gasteiger partial charge >= 0.3 is 0 Å². The van der Waals surface area contributed by atoms with Crippen molar-refractivity contribution in [1.82, 2.24) is 19.3 Å². The second-order valence-corrected chi connectivity index (χ2v) is 11.4. The summed E-state index contributed by atoms with van der Waals surface area (Å²) in [5, 5.41) is 9.66. The summed E-state index contributed by atoms with van der Waals surface area (Å²) >= 11 is 0. The Labute approximate surface area is 210 Å². The summed E-state index contributed by atoms with van der Waals surface area (Å²) in [5.74, 6) is 1.07. The van der Waals surface area contributed by atoms with Crippen LogP contribution in [0.5, 0.6) is 0 Å². The molecule has 2 aliphatic heterocycles. The highest BCUT2D eigenvalue weighted by Gasteiger charge is 2.30. The fourth-order valence-corrected chi connectivity index (χ4v) is 5.51. The first kappa shape index (κ1) is 24.1. The fourth-order valence-electron chi connectivity index (χ4n) is 4.59. The van der Waals surface area contributed by atoms with E-state index in [0.717, 1.165) is 40.2 Å². The van der Waals surface area contributed by atoms with Crippen LogP contribution in [0.1, 0.15) is 29.5 Å². The first-order chi connectivity index (χ1) is 17.2. The number of aromatic nitrogens is 3. The van der Waals surface area contributed by atoms with Crippen molar-refractivity contribution in [2.45, 2.75) is 32.6 Å². The molecule has 3 N–H and O–H groups in total. The molecular weight excluding hydrogens is 478 g/mol. The molecule has 4 heterocycles. The van der Waals surface area contributed by atoms with Gasteiger partial charge in [0.2, 0.25) is 21.9 Å². The minimum Gasteiger partial charge on any atom is -0.340 e. The summed E-state index contributed by atoms with van der Waals surface area (Å²) in [6, 6.07) is 7.87. The van der Waals surface area contributed by atoms with Crippen molar-refractivity contribution < 1.29 is 13.2 Å². The third-order valence-electron chi connectivity index (χ3n) is 6.54. The lowest BCUT2D eigenvalue weighted by molar-refractivity contribution is -0.117. The van der Waals surface area contributed by atoms with Crippen LogP contribution in [0.2, 0.25) is 0 Å². The van der Waals surface area contributed by atoms with Crippen LogP contribution in [-0.4, -0.2) is 52.9 Å². The third kappa shape index (κ3) is 5.63. The normalized spacial score (nSPS) is 17.7. The van der Waals surface area contributed by atoms with Crippen LogP contribution < -0.4 is 16.0 Å². The summed E-state index contributed by atoms with van der Waals surface area (Å²) in [4.78, 5) is 26.2. The Bertz CT molecular complexity index is 1410. The number of nitrogens with one attached hydrogen (secondary N) is 3. The Morgan fingerprint density at radius 1 is 1.14 bits per heavy atom. The quantitative estimate of drug-likeness (QED) is 0.490. The Morgan fingerprint density at radius 3 is 2.81 bits per heavy atom. The van der Waals surface area contributed by atoms with Crippen molar-refractivity contribution in [3.63, 3.8) is 0 Å². The summed E-state index contributed by atoms with van der Waals surface area (Å²) < 4.78 is 25.0. The molecule has 1 atom stereocenters. The number of pyridine rings is 1. The number of fused-ring (bicyclic) bond motifs is 6. The molecule has 1 fully saturated rings. The van der Waals surface area contributed by atoms with Gasteiger partial charge in [-0.3, -0.25) is 9.78 Å². The molecule has 0 spiro atoms. The molecule has 0 radical (unpaired) electrons. The molecule has 2 aliphatic rings. The molecular formula is C25H29N7O3S. The number of hydrogen-bond donors (Lipinski definition) is 3. The molecule has 188 valence electrons. The van der Waals surface area contributed by atoms with E-state index >= 15 is 0 Å². The molecule has 0 aliphatic carbocycles. The first-order valence-corrected chi connectivity index (χ1v) is 13.8. The highest BCUT2D eigenvalue weighted by atomic mass is 32.2. The van der Waals surface area contributed by atoms with E-state index in [1.807, 2.05) is 37.4 Å². The summed E-state index contributed by atoms with van der Waals surface area (Å²) in [6.45, 7) is 2.80. The maximum absolute atomic E-state index is 12.9. The van der Waals surface area contributed by atoms with Gasteiger partial charge in [-0.05, 0) is 67.5 Å². The van der Waals surface area contributed by atoms with Crippen LogP contribution in [-0.2, 0) is 27.7 Å². The van der Waals surface area contributed by atoms with Crippen molar-refractivity contribution in [2.24, 2.45) is 5.92 Å². The minimum absolute atomic E-state index is 0.0157. The van der Waals surface area contributed by atoms with Gasteiger partial charge < -0.3 is 16.0 Å². The van der Waals surface area contributed by atoms with Crippen LogP contribution in [0.3, 0.4) is 0 Å². The van der Waals surface area contributed by atoms with E-state index in [0.29, 0.717) is 37.7 Å². The van der Waals surface area contributed by atoms with Gasteiger partial charge in [-0.1, -0.05) is 0 Å². The van der Waals surface area contributed by atoms with E-state index in [2.05, 4.69) is 30.9 Å². The molecule has 1 saturated heterocycles. The second-order valence-electron chi connectivity index (χ2n) is 9.46. The van der Waals surface area contributed by atoms with Crippen molar-refractivity contribution in [3.05, 3.63) is 59.5 Å². The predicted octanol–water partition coefficient (Wildman–Crippen LogP) is 3.38. The van der Waals surface area contributed by atoms with Gasteiger partial charge in [0.15, 0.2) is 0 Å². The smallest absolute Gasteiger partial charge is 0.229 e. The average molecular weight is 508 g/mol. The number of rotatable bonds is 4. The van der Waals surface area contributed by atoms with Crippen LogP contribution in [0.4, 0.5) is 28.8 Å². The first-order valence-electron chi connectivity index (χ1n) is 11.9. The highest BCUT2D eigenvalue weighted by molar-refractivity contribution is 7.88. The van der Waals surface area contributed by atoms with E-state index in [-0.39, 0.29) is 18.2 Å². The number of nitrogens with zero attached hydrogens (tertiary/aromatic N) is 4. The summed E-state index contributed by atoms with van der Waals surface area (Å²) in [7, 11) is -3.23. The summed E-state index contributed by atoms with van der Waals surface area (Å²) in [5.41, 5.74) is 5.36. The van der Waals surface area contributed by atoms with Crippen molar-refractivity contribution in [2.75, 3.05) is 35.3 Å². The number of sulfonamides is 1. The van der Waals surface area contributed by atoms with E-state index in [9.17, 15) is 13.2 Å². The van der Waals surface area contributed by atoms with Gasteiger partial charge in [0.05, 0.1) is 18.1 Å². The number of amides is 1. The Hall–Kier alpha value is -3.57. The topological polar surface area (TPSA) is 129 Å². The van der Waals surface area contributed by atoms with Gasteiger partial charge in [0, 0.05) is 48.8 Å². The molecule has 36 heavy (non-hydrogen) atoms. The minimum atomic E-state index is -3.23. The lowest BCUT2D eigenvalue weighted by Gasteiger charge is -2.16. The number of benzene rings is 1. The molecule has 6 bridgehead atoms. The van der Waals surface area contributed by atoms with Crippen molar-refractivity contribution in [3.8, 4) is 0 Å². The molecule has 2 aromatic heterocycles. The number of hydrogen-bond acceptors (Lipinski definition) is 8. The van der Waals surface area contributed by atoms with Crippen molar-refractivity contribution in [1.29, 1.82) is 0 Å². The van der Waals surface area contributed by atoms with Gasteiger partial charge in [-0.15, -0.1) is 0 Å². The maximum atomic E-state index is 12.9. The number of carbonyl (C=O) groups is 1. The fraction of sp³-hybridized carbons (Fsp3) is 0.360. The lowest BCUT2D eigenvalue weighted by atomic mass is 10.0. The molecule has 0 saturated carbocycles. The van der Waals surface area contributed by atoms with E-state index < -0.39 is 10.0 Å². The average Bonchev–Trinajstić information content (AvgIpc) is 3.30. The van der Waals surface area contributed by atoms with Gasteiger partial charge in [-0.25, -0.2) is 17.7 Å². The van der Waals surface area contributed by atoms with E-state index in [1.165, 1.54) is 10.6 Å². The van der Waals surface area contributed by atoms with Crippen LogP contribution in [0, 0.1) is 12.8 Å². The molecule has 1 aromatic carbocycles. The Morgan fingerprint density at radius 2 is 2.00 bits per heavy atom.